The van der Waals surface area contributed by atoms with E-state index in [1.165, 1.54) is 23.5 Å². The Labute approximate surface area is 262 Å². The van der Waals surface area contributed by atoms with Crippen LogP contribution in [-0.4, -0.2) is 66.4 Å². The second kappa shape index (κ2) is 15.1. The summed E-state index contributed by atoms with van der Waals surface area (Å²) in [5.74, 6) is 0.403. The number of carbonyl (C=O) groups is 2. The van der Waals surface area contributed by atoms with Gasteiger partial charge in [-0.15, -0.1) is 11.3 Å². The van der Waals surface area contributed by atoms with E-state index in [0.29, 0.717) is 31.2 Å². The molecule has 0 spiro atoms. The Morgan fingerprint density at radius 1 is 0.955 bits per heavy atom. The number of carbonyl (C=O) groups excluding carboxylic acids is 2. The van der Waals surface area contributed by atoms with E-state index in [-0.39, 0.29) is 24.2 Å². The highest BCUT2D eigenvalue weighted by atomic mass is 32.1. The number of hydrogen-bond donors (Lipinski definition) is 1. The zero-order valence-corrected chi connectivity index (χ0v) is 26.0. The van der Waals surface area contributed by atoms with Crippen molar-refractivity contribution in [2.75, 3.05) is 50.1 Å². The lowest BCUT2D eigenvalue weighted by Gasteiger charge is -2.27. The Morgan fingerprint density at radius 3 is 2.55 bits per heavy atom. The zero-order chi connectivity index (χ0) is 30.9. The van der Waals surface area contributed by atoms with Gasteiger partial charge in [0.15, 0.2) is 5.13 Å². The van der Waals surface area contributed by atoms with Crippen molar-refractivity contribution in [2.45, 2.75) is 32.9 Å². The SMILES string of the molecule is COc1cccc(CN2CCCN(C(C)=O)c3ccccc3CN(CC(=O)Nc3ncc(Cc4ccc(F)cc4)s3)CC2)c1. The van der Waals surface area contributed by atoms with Crippen LogP contribution in [0.1, 0.15) is 34.9 Å². The molecule has 3 aromatic carbocycles. The summed E-state index contributed by atoms with van der Waals surface area (Å²) in [6, 6.07) is 22.4. The Bertz CT molecular complexity index is 1560. The lowest BCUT2D eigenvalue weighted by molar-refractivity contribution is -0.118. The molecule has 4 aromatic rings. The normalized spacial score (nSPS) is 14.8. The van der Waals surface area contributed by atoms with Gasteiger partial charge in [-0.1, -0.05) is 42.5 Å². The van der Waals surface area contributed by atoms with Crippen LogP contribution in [0.15, 0.2) is 79.0 Å². The maximum Gasteiger partial charge on any atom is 0.240 e. The van der Waals surface area contributed by atoms with Crippen LogP contribution in [0.4, 0.5) is 15.2 Å². The zero-order valence-electron chi connectivity index (χ0n) is 25.2. The van der Waals surface area contributed by atoms with Gasteiger partial charge in [0.2, 0.25) is 11.8 Å². The standard InChI is InChI=1S/C34H38FN5O3S/c1-25(41)40-16-6-15-38(22-27-7-5-9-30(19-27)43-2)17-18-39(23-28-8-3-4-10-32(28)40)24-33(42)37-34-36-21-31(44-34)20-26-11-13-29(35)14-12-26/h3-5,7-14,19,21H,6,15-18,20,22-24H2,1-2H3,(H,36,37,42). The van der Waals surface area contributed by atoms with Gasteiger partial charge in [0.1, 0.15) is 11.6 Å². The van der Waals surface area contributed by atoms with Gasteiger partial charge in [0.25, 0.3) is 0 Å². The summed E-state index contributed by atoms with van der Waals surface area (Å²) in [7, 11) is 1.67. The third-order valence-corrected chi connectivity index (χ3v) is 8.56. The number of methoxy groups -OCH3 is 1. The molecular formula is C34H38FN5O3S. The molecule has 2 heterocycles. The number of benzene rings is 3. The highest BCUT2D eigenvalue weighted by molar-refractivity contribution is 7.15. The lowest BCUT2D eigenvalue weighted by Crippen LogP contribution is -2.39. The fourth-order valence-corrected chi connectivity index (χ4v) is 6.32. The molecule has 1 aromatic heterocycles. The van der Waals surface area contributed by atoms with Crippen LogP contribution < -0.4 is 15.0 Å². The summed E-state index contributed by atoms with van der Waals surface area (Å²) >= 11 is 1.42. The molecule has 5 rings (SSSR count). The van der Waals surface area contributed by atoms with Gasteiger partial charge < -0.3 is 15.0 Å². The van der Waals surface area contributed by atoms with E-state index in [9.17, 15) is 14.0 Å². The van der Waals surface area contributed by atoms with Crippen LogP contribution >= 0.6 is 11.3 Å². The van der Waals surface area contributed by atoms with Crippen molar-refractivity contribution in [1.82, 2.24) is 14.8 Å². The molecule has 0 radical (unpaired) electrons. The van der Waals surface area contributed by atoms with Gasteiger partial charge in [0.05, 0.1) is 13.7 Å². The predicted molar refractivity (Wildman–Crippen MR) is 173 cm³/mol. The summed E-state index contributed by atoms with van der Waals surface area (Å²) in [4.78, 5) is 37.8. The number of thiazole rings is 1. The van der Waals surface area contributed by atoms with Crippen molar-refractivity contribution >= 4 is 34.0 Å². The second-order valence-corrected chi connectivity index (χ2v) is 12.1. The molecule has 0 saturated carbocycles. The first-order valence-corrected chi connectivity index (χ1v) is 15.6. The summed E-state index contributed by atoms with van der Waals surface area (Å²) in [5.41, 5.74) is 4.02. The third-order valence-electron chi connectivity index (χ3n) is 7.64. The number of amides is 2. The Balaban J connectivity index is 1.31. The molecule has 1 aliphatic rings. The number of aromatic nitrogens is 1. The van der Waals surface area contributed by atoms with Crippen molar-refractivity contribution in [3.63, 3.8) is 0 Å². The van der Waals surface area contributed by atoms with Crippen LogP contribution in [0.2, 0.25) is 0 Å². The van der Waals surface area contributed by atoms with E-state index < -0.39 is 0 Å². The Morgan fingerprint density at radius 2 is 1.75 bits per heavy atom. The topological polar surface area (TPSA) is 78.0 Å². The van der Waals surface area contributed by atoms with E-state index >= 15 is 0 Å². The van der Waals surface area contributed by atoms with Crippen LogP contribution in [-0.2, 0) is 29.1 Å². The van der Waals surface area contributed by atoms with Gasteiger partial charge in [-0.2, -0.15) is 0 Å². The summed E-state index contributed by atoms with van der Waals surface area (Å²) in [6.07, 6.45) is 3.19. The number of rotatable bonds is 8. The van der Waals surface area contributed by atoms with Crippen molar-refractivity contribution < 1.29 is 18.7 Å². The van der Waals surface area contributed by atoms with Crippen LogP contribution in [0, 0.1) is 5.82 Å². The molecule has 0 saturated heterocycles. The fourth-order valence-electron chi connectivity index (χ4n) is 5.46. The molecule has 0 atom stereocenters. The maximum absolute atomic E-state index is 13.3. The Kier molecular flexibility index (Phi) is 10.7. The molecule has 10 heteroatoms. The first kappa shape index (κ1) is 31.3. The summed E-state index contributed by atoms with van der Waals surface area (Å²) in [6.45, 7) is 5.88. The number of ether oxygens (including phenoxy) is 1. The van der Waals surface area contributed by atoms with Gasteiger partial charge in [0, 0.05) is 69.4 Å². The van der Waals surface area contributed by atoms with Gasteiger partial charge in [-0.25, -0.2) is 9.37 Å². The van der Waals surface area contributed by atoms with Crippen molar-refractivity contribution in [1.29, 1.82) is 0 Å². The second-order valence-electron chi connectivity index (χ2n) is 11.0. The first-order chi connectivity index (χ1) is 21.4. The Hall–Kier alpha value is -4.12. The molecule has 1 aliphatic heterocycles. The molecule has 0 bridgehead atoms. The van der Waals surface area contributed by atoms with Crippen LogP contribution in [0.3, 0.4) is 0 Å². The van der Waals surface area contributed by atoms with E-state index in [2.05, 4.69) is 26.2 Å². The van der Waals surface area contributed by atoms with Crippen LogP contribution in [0.25, 0.3) is 0 Å². The highest BCUT2D eigenvalue weighted by Crippen LogP contribution is 2.25. The number of halogens is 1. The molecule has 44 heavy (non-hydrogen) atoms. The molecule has 0 unspecified atom stereocenters. The number of anilines is 2. The molecule has 1 N–H and O–H groups in total. The van der Waals surface area contributed by atoms with Gasteiger partial charge in [-0.05, 0) is 53.4 Å². The number of hydrogen-bond acceptors (Lipinski definition) is 7. The van der Waals surface area contributed by atoms with Crippen molar-refractivity contribution in [3.8, 4) is 5.75 Å². The highest BCUT2D eigenvalue weighted by Gasteiger charge is 2.21. The average Bonchev–Trinajstić information content (AvgIpc) is 3.44. The first-order valence-electron chi connectivity index (χ1n) is 14.8. The van der Waals surface area contributed by atoms with E-state index in [4.69, 9.17) is 4.74 Å². The predicted octanol–water partition coefficient (Wildman–Crippen LogP) is 5.58. The number of nitrogens with one attached hydrogen (secondary N) is 1. The largest absolute Gasteiger partial charge is 0.497 e. The molecule has 0 aliphatic carbocycles. The fraction of sp³-hybridized carbons (Fsp3) is 0.324. The molecule has 8 nitrogen and oxygen atoms in total. The molecule has 0 fully saturated rings. The maximum atomic E-state index is 13.3. The number of fused-ring (bicyclic) bond motifs is 1. The monoisotopic (exact) mass is 615 g/mol. The third kappa shape index (κ3) is 8.72. The summed E-state index contributed by atoms with van der Waals surface area (Å²) < 4.78 is 18.7. The lowest BCUT2D eigenvalue weighted by atomic mass is 10.1. The smallest absolute Gasteiger partial charge is 0.240 e. The molecular weight excluding hydrogens is 577 g/mol. The molecule has 230 valence electrons. The van der Waals surface area contributed by atoms with Crippen molar-refractivity contribution in [3.05, 3.63) is 106 Å². The van der Waals surface area contributed by atoms with Crippen LogP contribution in [0.5, 0.6) is 5.75 Å². The minimum atomic E-state index is -0.266. The van der Waals surface area contributed by atoms with Gasteiger partial charge in [-0.3, -0.25) is 19.4 Å². The quantitative estimate of drug-likeness (QED) is 0.279. The average molecular weight is 616 g/mol. The van der Waals surface area contributed by atoms with E-state index in [1.807, 2.05) is 47.4 Å². The minimum Gasteiger partial charge on any atom is -0.497 e. The summed E-state index contributed by atoms with van der Waals surface area (Å²) in [5, 5.41) is 3.51. The minimum absolute atomic E-state index is 0.000506. The number of para-hydroxylation sites is 1. The van der Waals surface area contributed by atoms with E-state index in [0.717, 1.165) is 59.1 Å². The van der Waals surface area contributed by atoms with Crippen molar-refractivity contribution in [2.24, 2.45) is 0 Å². The van der Waals surface area contributed by atoms with E-state index in [1.54, 1.807) is 32.4 Å². The number of nitrogens with zero attached hydrogens (tertiary/aromatic N) is 4. The van der Waals surface area contributed by atoms with Gasteiger partial charge >= 0.3 is 0 Å². The molecule has 2 amide bonds.